The van der Waals surface area contributed by atoms with E-state index < -0.39 is 11.6 Å². The van der Waals surface area contributed by atoms with Gasteiger partial charge in [-0.2, -0.15) is 0 Å². The third kappa shape index (κ3) is 3.19. The molecule has 1 aliphatic carbocycles. The van der Waals surface area contributed by atoms with Gasteiger partial charge in [0.25, 0.3) is 0 Å². The van der Waals surface area contributed by atoms with E-state index in [1.165, 1.54) is 0 Å². The van der Waals surface area contributed by atoms with Gasteiger partial charge < -0.3 is 14.7 Å². The molecule has 1 aliphatic heterocycles. The lowest BCUT2D eigenvalue weighted by Crippen LogP contribution is -2.36. The molecule has 3 atom stereocenters. The maximum absolute atomic E-state index is 12.0. The summed E-state index contributed by atoms with van der Waals surface area (Å²) in [5.74, 6) is -0.604. The first-order valence-corrected chi connectivity index (χ1v) is 6.98. The van der Waals surface area contributed by atoms with Crippen LogP contribution in [0.4, 0.5) is 4.79 Å². The summed E-state index contributed by atoms with van der Waals surface area (Å²) >= 11 is 0. The van der Waals surface area contributed by atoms with Crippen LogP contribution in [0.25, 0.3) is 0 Å². The highest BCUT2D eigenvalue weighted by atomic mass is 16.6. The van der Waals surface area contributed by atoms with E-state index in [-0.39, 0.29) is 17.9 Å². The number of fused-ring (bicyclic) bond motifs is 1. The number of rotatable bonds is 1. The molecule has 0 bridgehead atoms. The highest BCUT2D eigenvalue weighted by Crippen LogP contribution is 2.40. The molecule has 1 N–H and O–H groups in total. The van der Waals surface area contributed by atoms with E-state index in [0.29, 0.717) is 19.0 Å². The standard InChI is InChI=1S/C14H23NO4/c1-14(2,3)19-13(18)15-7-9-5-4-6-10(12(16)17)11(9)8-15/h9-11H,4-8H2,1-3H3,(H,16,17)/t9-,10-,11+/m1/s1. The Hall–Kier alpha value is -1.26. The molecule has 2 aliphatic rings. The van der Waals surface area contributed by atoms with Crippen LogP contribution in [0, 0.1) is 17.8 Å². The summed E-state index contributed by atoms with van der Waals surface area (Å²) < 4.78 is 5.36. The number of aliphatic carboxylic acids is 1. The third-order valence-corrected chi connectivity index (χ3v) is 4.07. The molecule has 0 aromatic heterocycles. The summed E-state index contributed by atoms with van der Waals surface area (Å²) in [5, 5.41) is 9.26. The summed E-state index contributed by atoms with van der Waals surface area (Å²) in [6.45, 7) is 6.69. The van der Waals surface area contributed by atoms with Gasteiger partial charge >= 0.3 is 12.1 Å². The van der Waals surface area contributed by atoms with E-state index in [1.807, 2.05) is 20.8 Å². The third-order valence-electron chi connectivity index (χ3n) is 4.07. The van der Waals surface area contributed by atoms with Crippen LogP contribution in [0.15, 0.2) is 0 Å². The van der Waals surface area contributed by atoms with Crippen LogP contribution >= 0.6 is 0 Å². The highest BCUT2D eigenvalue weighted by molar-refractivity contribution is 5.72. The van der Waals surface area contributed by atoms with Gasteiger partial charge in [-0.25, -0.2) is 4.79 Å². The average Bonchev–Trinajstić information content (AvgIpc) is 2.69. The second kappa shape index (κ2) is 5.02. The first-order valence-electron chi connectivity index (χ1n) is 6.98. The minimum atomic E-state index is -0.722. The Labute approximate surface area is 113 Å². The largest absolute Gasteiger partial charge is 0.481 e. The van der Waals surface area contributed by atoms with Crippen LogP contribution in [0.1, 0.15) is 40.0 Å². The second-order valence-corrected chi connectivity index (χ2v) is 6.68. The normalized spacial score (nSPS) is 30.9. The van der Waals surface area contributed by atoms with Gasteiger partial charge in [-0.05, 0) is 45.4 Å². The maximum atomic E-state index is 12.0. The Kier molecular flexibility index (Phi) is 3.74. The number of carboxylic acid groups (broad SMARTS) is 1. The first-order chi connectivity index (χ1) is 8.78. The van der Waals surface area contributed by atoms with Crippen LogP contribution in [0.2, 0.25) is 0 Å². The predicted molar refractivity (Wildman–Crippen MR) is 69.8 cm³/mol. The fourth-order valence-electron chi connectivity index (χ4n) is 3.25. The minimum absolute atomic E-state index is 0.0961. The van der Waals surface area contributed by atoms with Gasteiger partial charge in [0, 0.05) is 13.1 Å². The van der Waals surface area contributed by atoms with Gasteiger partial charge in [0.2, 0.25) is 0 Å². The van der Waals surface area contributed by atoms with E-state index in [2.05, 4.69) is 0 Å². The summed E-state index contributed by atoms with van der Waals surface area (Å²) in [6.07, 6.45) is 2.39. The van der Waals surface area contributed by atoms with E-state index in [4.69, 9.17) is 4.74 Å². The SMILES string of the molecule is CC(C)(C)OC(=O)N1C[C@H]2CCC[C@@H](C(=O)O)[C@H]2C1. The van der Waals surface area contributed by atoms with E-state index in [0.717, 1.165) is 19.3 Å². The molecular weight excluding hydrogens is 246 g/mol. The van der Waals surface area contributed by atoms with Crippen molar-refractivity contribution in [3.63, 3.8) is 0 Å². The lowest BCUT2D eigenvalue weighted by Gasteiger charge is -2.29. The zero-order valence-electron chi connectivity index (χ0n) is 11.9. The van der Waals surface area contributed by atoms with Crippen molar-refractivity contribution in [2.24, 2.45) is 17.8 Å². The topological polar surface area (TPSA) is 66.8 Å². The molecule has 108 valence electrons. The number of likely N-dealkylation sites (tertiary alicyclic amines) is 1. The van der Waals surface area contributed by atoms with E-state index in [9.17, 15) is 14.7 Å². The number of carboxylic acids is 1. The Balaban J connectivity index is 2.01. The number of hydrogen-bond donors (Lipinski definition) is 1. The Morgan fingerprint density at radius 3 is 2.47 bits per heavy atom. The smallest absolute Gasteiger partial charge is 0.410 e. The molecule has 1 heterocycles. The number of carbonyl (C=O) groups excluding carboxylic acids is 1. The predicted octanol–water partition coefficient (Wildman–Crippen LogP) is 2.35. The van der Waals surface area contributed by atoms with Crippen LogP contribution in [0.5, 0.6) is 0 Å². The molecule has 0 spiro atoms. The molecule has 2 rings (SSSR count). The molecule has 0 aromatic rings. The van der Waals surface area contributed by atoms with E-state index in [1.54, 1.807) is 4.90 Å². The zero-order chi connectivity index (χ0) is 14.2. The van der Waals surface area contributed by atoms with Gasteiger partial charge in [-0.3, -0.25) is 4.79 Å². The Bertz CT molecular complexity index is 374. The minimum Gasteiger partial charge on any atom is -0.481 e. The van der Waals surface area contributed by atoms with Crippen LogP contribution in [0.3, 0.4) is 0 Å². The van der Waals surface area contributed by atoms with E-state index >= 15 is 0 Å². The van der Waals surface area contributed by atoms with Crippen molar-refractivity contribution in [1.82, 2.24) is 4.90 Å². The molecule has 1 saturated heterocycles. The molecular formula is C14H23NO4. The number of ether oxygens (including phenoxy) is 1. The molecule has 1 saturated carbocycles. The van der Waals surface area contributed by atoms with Crippen molar-refractivity contribution < 1.29 is 19.4 Å². The molecule has 0 unspecified atom stereocenters. The fourth-order valence-corrected chi connectivity index (χ4v) is 3.25. The number of hydrogen-bond acceptors (Lipinski definition) is 3. The zero-order valence-corrected chi connectivity index (χ0v) is 11.9. The van der Waals surface area contributed by atoms with Crippen molar-refractivity contribution in [1.29, 1.82) is 0 Å². The maximum Gasteiger partial charge on any atom is 0.410 e. The number of amides is 1. The van der Waals surface area contributed by atoms with Gasteiger partial charge in [-0.15, -0.1) is 0 Å². The van der Waals surface area contributed by atoms with Crippen molar-refractivity contribution in [2.45, 2.75) is 45.6 Å². The molecule has 5 heteroatoms. The molecule has 19 heavy (non-hydrogen) atoms. The Morgan fingerprint density at radius 1 is 1.21 bits per heavy atom. The first kappa shape index (κ1) is 14.2. The summed E-state index contributed by atoms with van der Waals surface area (Å²) in [6, 6.07) is 0. The quantitative estimate of drug-likeness (QED) is 0.793. The number of nitrogens with zero attached hydrogens (tertiary/aromatic N) is 1. The van der Waals surface area contributed by atoms with Crippen LogP contribution < -0.4 is 0 Å². The number of carbonyl (C=O) groups is 2. The van der Waals surface area contributed by atoms with Crippen LogP contribution in [-0.2, 0) is 9.53 Å². The molecule has 0 radical (unpaired) electrons. The van der Waals surface area contributed by atoms with Gasteiger partial charge in [0.1, 0.15) is 5.60 Å². The van der Waals surface area contributed by atoms with Crippen molar-refractivity contribution in [3.05, 3.63) is 0 Å². The lowest BCUT2D eigenvalue weighted by atomic mass is 9.74. The van der Waals surface area contributed by atoms with Gasteiger partial charge in [-0.1, -0.05) is 6.42 Å². The molecule has 5 nitrogen and oxygen atoms in total. The summed E-state index contributed by atoms with van der Waals surface area (Å²) in [7, 11) is 0. The second-order valence-electron chi connectivity index (χ2n) is 6.68. The average molecular weight is 269 g/mol. The van der Waals surface area contributed by atoms with Gasteiger partial charge in [0.05, 0.1) is 5.92 Å². The van der Waals surface area contributed by atoms with Crippen molar-refractivity contribution in [3.8, 4) is 0 Å². The monoisotopic (exact) mass is 269 g/mol. The highest BCUT2D eigenvalue weighted by Gasteiger charge is 2.45. The molecule has 1 amide bonds. The summed E-state index contributed by atoms with van der Waals surface area (Å²) in [4.78, 5) is 25.0. The van der Waals surface area contributed by atoms with Crippen molar-refractivity contribution in [2.75, 3.05) is 13.1 Å². The summed E-state index contributed by atoms with van der Waals surface area (Å²) in [5.41, 5.74) is -0.503. The van der Waals surface area contributed by atoms with Gasteiger partial charge in [0.15, 0.2) is 0 Å². The lowest BCUT2D eigenvalue weighted by molar-refractivity contribution is -0.145. The Morgan fingerprint density at radius 2 is 1.89 bits per heavy atom. The molecule has 0 aromatic carbocycles. The fraction of sp³-hybridized carbons (Fsp3) is 0.857. The van der Waals surface area contributed by atoms with Crippen molar-refractivity contribution >= 4 is 12.1 Å². The molecule has 2 fully saturated rings. The van der Waals surface area contributed by atoms with Crippen LogP contribution in [-0.4, -0.2) is 40.8 Å².